The second kappa shape index (κ2) is 10.1. The number of hydrogen-bond acceptors (Lipinski definition) is 5. The van der Waals surface area contributed by atoms with Crippen LogP contribution in [0, 0.1) is 0 Å². The SMILES string of the molecule is CCOc1ccccc1NC(=O)c1ccc(NCCc2cccc(OC)c2)nc1. The number of carbonyl (C=O) groups excluding carboxylic acids is 1. The molecule has 1 heterocycles. The zero-order valence-corrected chi connectivity index (χ0v) is 16.6. The highest BCUT2D eigenvalue weighted by Crippen LogP contribution is 2.24. The van der Waals surface area contributed by atoms with E-state index in [0.717, 1.165) is 24.5 Å². The summed E-state index contributed by atoms with van der Waals surface area (Å²) in [4.78, 5) is 16.8. The Morgan fingerprint density at radius 1 is 1.07 bits per heavy atom. The number of nitrogens with one attached hydrogen (secondary N) is 2. The molecule has 150 valence electrons. The lowest BCUT2D eigenvalue weighted by Gasteiger charge is -2.11. The summed E-state index contributed by atoms with van der Waals surface area (Å²) in [5, 5.41) is 6.14. The van der Waals surface area contributed by atoms with Crippen molar-refractivity contribution in [2.45, 2.75) is 13.3 Å². The number of methoxy groups -OCH3 is 1. The van der Waals surface area contributed by atoms with E-state index in [4.69, 9.17) is 9.47 Å². The molecule has 2 aromatic carbocycles. The van der Waals surface area contributed by atoms with Gasteiger partial charge in [0.05, 0.1) is 25.0 Å². The van der Waals surface area contributed by atoms with Crippen LogP contribution in [0.4, 0.5) is 11.5 Å². The molecule has 0 saturated heterocycles. The van der Waals surface area contributed by atoms with Crippen LogP contribution in [-0.4, -0.2) is 31.2 Å². The van der Waals surface area contributed by atoms with Crippen molar-refractivity contribution < 1.29 is 14.3 Å². The van der Waals surface area contributed by atoms with Gasteiger partial charge in [-0.1, -0.05) is 24.3 Å². The summed E-state index contributed by atoms with van der Waals surface area (Å²) < 4.78 is 10.8. The van der Waals surface area contributed by atoms with Crippen LogP contribution < -0.4 is 20.1 Å². The number of benzene rings is 2. The molecule has 0 aliphatic rings. The molecule has 0 saturated carbocycles. The normalized spacial score (nSPS) is 10.3. The lowest BCUT2D eigenvalue weighted by Crippen LogP contribution is -2.14. The van der Waals surface area contributed by atoms with E-state index >= 15 is 0 Å². The van der Waals surface area contributed by atoms with E-state index in [0.29, 0.717) is 23.6 Å². The van der Waals surface area contributed by atoms with Gasteiger partial charge in [0, 0.05) is 12.7 Å². The summed E-state index contributed by atoms with van der Waals surface area (Å²) in [5.41, 5.74) is 2.30. The molecule has 0 atom stereocenters. The van der Waals surface area contributed by atoms with Gasteiger partial charge >= 0.3 is 0 Å². The summed E-state index contributed by atoms with van der Waals surface area (Å²) in [7, 11) is 1.66. The minimum absolute atomic E-state index is 0.229. The molecule has 0 unspecified atom stereocenters. The summed E-state index contributed by atoms with van der Waals surface area (Å²) in [6.45, 7) is 3.17. The largest absolute Gasteiger partial charge is 0.497 e. The predicted molar refractivity (Wildman–Crippen MR) is 115 cm³/mol. The molecule has 1 amide bonds. The van der Waals surface area contributed by atoms with Crippen molar-refractivity contribution in [3.8, 4) is 11.5 Å². The van der Waals surface area contributed by atoms with Gasteiger partial charge in [0.2, 0.25) is 0 Å². The molecule has 0 aliphatic carbocycles. The molecule has 3 aromatic rings. The van der Waals surface area contributed by atoms with E-state index < -0.39 is 0 Å². The van der Waals surface area contributed by atoms with Crippen LogP contribution in [0.5, 0.6) is 11.5 Å². The summed E-state index contributed by atoms with van der Waals surface area (Å²) in [5.74, 6) is 1.99. The number of pyridine rings is 1. The Bertz CT molecular complexity index is 942. The highest BCUT2D eigenvalue weighted by atomic mass is 16.5. The third-order valence-corrected chi connectivity index (χ3v) is 4.31. The Balaban J connectivity index is 1.55. The summed E-state index contributed by atoms with van der Waals surface area (Å²) in [6.07, 6.45) is 2.40. The third kappa shape index (κ3) is 5.72. The van der Waals surface area contributed by atoms with Crippen LogP contribution in [0.15, 0.2) is 66.9 Å². The van der Waals surface area contributed by atoms with Gasteiger partial charge in [-0.25, -0.2) is 4.98 Å². The van der Waals surface area contributed by atoms with E-state index in [2.05, 4.69) is 21.7 Å². The zero-order valence-electron chi connectivity index (χ0n) is 16.6. The van der Waals surface area contributed by atoms with Gasteiger partial charge in [-0.3, -0.25) is 4.79 Å². The monoisotopic (exact) mass is 391 g/mol. The third-order valence-electron chi connectivity index (χ3n) is 4.31. The smallest absolute Gasteiger partial charge is 0.257 e. The van der Waals surface area contributed by atoms with Crippen LogP contribution in [0.3, 0.4) is 0 Å². The zero-order chi connectivity index (χ0) is 20.5. The van der Waals surface area contributed by atoms with E-state index in [-0.39, 0.29) is 5.91 Å². The number of aromatic nitrogens is 1. The highest BCUT2D eigenvalue weighted by molar-refractivity contribution is 6.04. The van der Waals surface area contributed by atoms with E-state index in [1.165, 1.54) is 5.56 Å². The Labute approximate surface area is 170 Å². The molecule has 0 spiro atoms. The van der Waals surface area contributed by atoms with Crippen LogP contribution in [0.2, 0.25) is 0 Å². The number of rotatable bonds is 9. The molecule has 6 nitrogen and oxygen atoms in total. The van der Waals surface area contributed by atoms with Crippen LogP contribution in [0.25, 0.3) is 0 Å². The molecule has 1 aromatic heterocycles. The molecule has 0 aliphatic heterocycles. The highest BCUT2D eigenvalue weighted by Gasteiger charge is 2.10. The Morgan fingerprint density at radius 2 is 1.93 bits per heavy atom. The van der Waals surface area contributed by atoms with Crippen molar-refractivity contribution in [2.75, 3.05) is 30.9 Å². The lowest BCUT2D eigenvalue weighted by atomic mass is 10.1. The first-order chi connectivity index (χ1) is 14.2. The first kappa shape index (κ1) is 20.2. The van der Waals surface area contributed by atoms with Crippen molar-refractivity contribution >= 4 is 17.4 Å². The van der Waals surface area contributed by atoms with Crippen molar-refractivity contribution in [2.24, 2.45) is 0 Å². The Morgan fingerprint density at radius 3 is 2.69 bits per heavy atom. The van der Waals surface area contributed by atoms with Gasteiger partial charge in [0.15, 0.2) is 0 Å². The number of hydrogen-bond donors (Lipinski definition) is 2. The van der Waals surface area contributed by atoms with Crippen LogP contribution in [0.1, 0.15) is 22.8 Å². The lowest BCUT2D eigenvalue weighted by molar-refractivity contribution is 0.102. The summed E-state index contributed by atoms with van der Waals surface area (Å²) >= 11 is 0. The molecule has 0 fully saturated rings. The standard InChI is InChI=1S/C23H25N3O3/c1-3-29-21-10-5-4-9-20(21)26-23(27)18-11-12-22(25-16-18)24-14-13-17-7-6-8-19(15-17)28-2/h4-12,15-16H,3,13-14H2,1-2H3,(H,24,25)(H,26,27). The van der Waals surface area contributed by atoms with Crippen molar-refractivity contribution in [1.82, 2.24) is 4.98 Å². The van der Waals surface area contributed by atoms with Gasteiger partial charge < -0.3 is 20.1 Å². The van der Waals surface area contributed by atoms with Gasteiger partial charge in [-0.2, -0.15) is 0 Å². The summed E-state index contributed by atoms with van der Waals surface area (Å²) in [6, 6.07) is 18.9. The Kier molecular flexibility index (Phi) is 7.05. The molecule has 0 bridgehead atoms. The topological polar surface area (TPSA) is 72.5 Å². The van der Waals surface area contributed by atoms with Crippen LogP contribution in [-0.2, 0) is 6.42 Å². The number of amides is 1. The van der Waals surface area contributed by atoms with Crippen molar-refractivity contribution in [3.63, 3.8) is 0 Å². The minimum Gasteiger partial charge on any atom is -0.497 e. The van der Waals surface area contributed by atoms with Gasteiger partial charge in [-0.05, 0) is 55.3 Å². The maximum Gasteiger partial charge on any atom is 0.257 e. The predicted octanol–water partition coefficient (Wildman–Crippen LogP) is 4.40. The second-order valence-electron chi connectivity index (χ2n) is 6.34. The number of carbonyl (C=O) groups is 1. The first-order valence-corrected chi connectivity index (χ1v) is 9.55. The fourth-order valence-corrected chi connectivity index (χ4v) is 2.84. The molecule has 6 heteroatoms. The molecule has 3 rings (SSSR count). The molecule has 0 radical (unpaired) electrons. The maximum atomic E-state index is 12.5. The molecule has 2 N–H and O–H groups in total. The van der Waals surface area contributed by atoms with E-state index in [9.17, 15) is 4.79 Å². The van der Waals surface area contributed by atoms with Gasteiger partial charge in [0.1, 0.15) is 17.3 Å². The minimum atomic E-state index is -0.229. The first-order valence-electron chi connectivity index (χ1n) is 9.55. The number of para-hydroxylation sites is 2. The fraction of sp³-hybridized carbons (Fsp3) is 0.217. The average Bonchev–Trinajstić information content (AvgIpc) is 2.76. The van der Waals surface area contributed by atoms with E-state index in [1.54, 1.807) is 25.4 Å². The van der Waals surface area contributed by atoms with E-state index in [1.807, 2.05) is 49.4 Å². The molecular weight excluding hydrogens is 366 g/mol. The molecule has 29 heavy (non-hydrogen) atoms. The Hall–Kier alpha value is -3.54. The quantitative estimate of drug-likeness (QED) is 0.566. The fourth-order valence-electron chi connectivity index (χ4n) is 2.84. The number of anilines is 2. The van der Waals surface area contributed by atoms with Gasteiger partial charge in [-0.15, -0.1) is 0 Å². The maximum absolute atomic E-state index is 12.5. The second-order valence-corrected chi connectivity index (χ2v) is 6.34. The number of nitrogens with zero attached hydrogens (tertiary/aromatic N) is 1. The average molecular weight is 391 g/mol. The van der Waals surface area contributed by atoms with Gasteiger partial charge in [0.25, 0.3) is 5.91 Å². The van der Waals surface area contributed by atoms with Crippen LogP contribution >= 0.6 is 0 Å². The van der Waals surface area contributed by atoms with Crippen molar-refractivity contribution in [1.29, 1.82) is 0 Å². The van der Waals surface area contributed by atoms with Crippen molar-refractivity contribution in [3.05, 3.63) is 78.0 Å². The number of ether oxygens (including phenoxy) is 2. The molecular formula is C23H25N3O3.